The van der Waals surface area contributed by atoms with E-state index in [9.17, 15) is 4.79 Å². The van der Waals surface area contributed by atoms with Gasteiger partial charge in [-0.05, 0) is 42.3 Å². The average Bonchev–Trinajstić information content (AvgIpc) is 2.95. The van der Waals surface area contributed by atoms with Crippen molar-refractivity contribution in [3.8, 4) is 0 Å². The van der Waals surface area contributed by atoms with Crippen molar-refractivity contribution in [1.29, 1.82) is 0 Å². The van der Waals surface area contributed by atoms with Gasteiger partial charge in [0, 0.05) is 37.6 Å². The molecule has 1 aliphatic heterocycles. The molecule has 1 aliphatic rings. The van der Waals surface area contributed by atoms with E-state index in [1.165, 1.54) is 5.69 Å². The number of nitrogens with one attached hydrogen (secondary N) is 1. The lowest BCUT2D eigenvalue weighted by Gasteiger charge is -2.35. The quantitative estimate of drug-likeness (QED) is 0.869. The summed E-state index contributed by atoms with van der Waals surface area (Å²) >= 11 is 12.8. The highest BCUT2D eigenvalue weighted by molar-refractivity contribution is 7.11. The van der Waals surface area contributed by atoms with Gasteiger partial charge in [0.2, 0.25) is 0 Å². The topological polar surface area (TPSA) is 48.5 Å². The Bertz CT molecular complexity index is 711. The molecule has 1 saturated heterocycles. The van der Waals surface area contributed by atoms with Crippen LogP contribution >= 0.6 is 34.7 Å². The Kier molecular flexibility index (Phi) is 5.61. The number of benzene rings is 1. The smallest absolute Gasteiger partial charge is 0.276 e. The highest BCUT2D eigenvalue weighted by Gasteiger charge is 2.18. The van der Waals surface area contributed by atoms with E-state index in [-0.39, 0.29) is 16.6 Å². The number of amides is 1. The van der Waals surface area contributed by atoms with Gasteiger partial charge in [0.15, 0.2) is 5.69 Å². The van der Waals surface area contributed by atoms with Gasteiger partial charge in [-0.15, -0.1) is 0 Å². The maximum atomic E-state index is 12.2. The van der Waals surface area contributed by atoms with Crippen LogP contribution in [-0.2, 0) is 0 Å². The lowest BCUT2D eigenvalue weighted by atomic mass is 10.2. The van der Waals surface area contributed by atoms with Gasteiger partial charge in [-0.2, -0.15) is 4.37 Å². The Morgan fingerprint density at radius 1 is 1.21 bits per heavy atom. The molecule has 3 rings (SSSR count). The van der Waals surface area contributed by atoms with Crippen molar-refractivity contribution in [3.05, 3.63) is 39.3 Å². The second-order valence-electron chi connectivity index (χ2n) is 5.54. The van der Waals surface area contributed by atoms with Crippen LogP contribution in [0.25, 0.3) is 0 Å². The molecule has 0 bridgehead atoms. The summed E-state index contributed by atoms with van der Waals surface area (Å²) in [5.41, 5.74) is 2.03. The van der Waals surface area contributed by atoms with Gasteiger partial charge in [-0.1, -0.05) is 30.1 Å². The van der Waals surface area contributed by atoms with E-state index < -0.39 is 0 Å². The number of anilines is 2. The van der Waals surface area contributed by atoms with Crippen LogP contribution in [0.15, 0.2) is 24.3 Å². The van der Waals surface area contributed by atoms with Crippen LogP contribution in [0.3, 0.4) is 0 Å². The highest BCUT2D eigenvalue weighted by Crippen LogP contribution is 2.30. The fraction of sp³-hybridized carbons (Fsp3) is 0.375. The number of rotatable bonds is 4. The summed E-state index contributed by atoms with van der Waals surface area (Å²) in [4.78, 5) is 17.0. The van der Waals surface area contributed by atoms with Gasteiger partial charge in [0.25, 0.3) is 5.91 Å². The zero-order valence-corrected chi connectivity index (χ0v) is 15.6. The summed E-state index contributed by atoms with van der Waals surface area (Å²) in [6.07, 6.45) is 0. The average molecular weight is 385 g/mol. The third-order valence-corrected chi connectivity index (χ3v) is 5.73. The minimum atomic E-state index is -0.354. The summed E-state index contributed by atoms with van der Waals surface area (Å²) in [5.74, 6) is -0.354. The third kappa shape index (κ3) is 3.83. The fourth-order valence-corrected chi connectivity index (χ4v) is 3.67. The Morgan fingerprint density at radius 3 is 2.42 bits per heavy atom. The Balaban J connectivity index is 1.62. The highest BCUT2D eigenvalue weighted by atomic mass is 35.5. The molecule has 1 N–H and O–H groups in total. The largest absolute Gasteiger partial charge is 0.369 e. The zero-order chi connectivity index (χ0) is 17.1. The van der Waals surface area contributed by atoms with Gasteiger partial charge in [0.1, 0.15) is 9.36 Å². The van der Waals surface area contributed by atoms with Crippen molar-refractivity contribution < 1.29 is 4.79 Å². The molecule has 1 fully saturated rings. The molecule has 0 unspecified atom stereocenters. The minimum Gasteiger partial charge on any atom is -0.369 e. The SMILES string of the molecule is CCN1CCN(c2ccc(NC(=O)c3nsc(Cl)c3Cl)cc2)CC1. The molecule has 8 heteroatoms. The number of carbonyl (C=O) groups excluding carboxylic acids is 1. The maximum absolute atomic E-state index is 12.2. The van der Waals surface area contributed by atoms with Crippen molar-refractivity contribution in [2.45, 2.75) is 6.92 Å². The number of halogens is 2. The predicted octanol–water partition coefficient (Wildman–Crippen LogP) is 3.84. The second-order valence-corrected chi connectivity index (χ2v) is 7.29. The molecule has 0 radical (unpaired) electrons. The monoisotopic (exact) mass is 384 g/mol. The summed E-state index contributed by atoms with van der Waals surface area (Å²) in [7, 11) is 0. The number of carbonyl (C=O) groups is 1. The van der Waals surface area contributed by atoms with Crippen LogP contribution in [0.4, 0.5) is 11.4 Å². The second kappa shape index (κ2) is 7.70. The molecule has 0 aliphatic carbocycles. The molecule has 0 atom stereocenters. The van der Waals surface area contributed by atoms with Gasteiger partial charge in [-0.3, -0.25) is 4.79 Å². The third-order valence-electron chi connectivity index (χ3n) is 4.12. The predicted molar refractivity (Wildman–Crippen MR) is 101 cm³/mol. The Morgan fingerprint density at radius 2 is 1.88 bits per heavy atom. The van der Waals surface area contributed by atoms with E-state index in [0.717, 1.165) is 44.3 Å². The normalized spacial score (nSPS) is 15.5. The zero-order valence-electron chi connectivity index (χ0n) is 13.3. The molecule has 0 spiro atoms. The lowest BCUT2D eigenvalue weighted by molar-refractivity contribution is 0.102. The fourth-order valence-electron chi connectivity index (χ4n) is 2.67. The lowest BCUT2D eigenvalue weighted by Crippen LogP contribution is -2.46. The molecule has 0 saturated carbocycles. The van der Waals surface area contributed by atoms with Crippen molar-refractivity contribution in [3.63, 3.8) is 0 Å². The molecule has 1 amide bonds. The molecular formula is C16H18Cl2N4OS. The number of nitrogens with zero attached hydrogens (tertiary/aromatic N) is 3. The van der Waals surface area contributed by atoms with Crippen molar-refractivity contribution in [1.82, 2.24) is 9.27 Å². The first-order valence-electron chi connectivity index (χ1n) is 7.78. The van der Waals surface area contributed by atoms with E-state index in [0.29, 0.717) is 10.0 Å². The number of hydrogen-bond acceptors (Lipinski definition) is 5. The first-order valence-corrected chi connectivity index (χ1v) is 9.30. The van der Waals surface area contributed by atoms with Gasteiger partial charge in [-0.25, -0.2) is 0 Å². The Hall–Kier alpha value is -1.34. The molecule has 2 heterocycles. The van der Waals surface area contributed by atoms with Crippen molar-refractivity contribution in [2.75, 3.05) is 42.9 Å². The van der Waals surface area contributed by atoms with E-state index in [2.05, 4.69) is 26.4 Å². The Labute approximate surface area is 155 Å². The maximum Gasteiger partial charge on any atom is 0.276 e. The van der Waals surface area contributed by atoms with Gasteiger partial charge < -0.3 is 15.1 Å². The molecule has 24 heavy (non-hydrogen) atoms. The summed E-state index contributed by atoms with van der Waals surface area (Å²) in [5, 5.41) is 2.99. The molecule has 128 valence electrons. The van der Waals surface area contributed by atoms with E-state index in [1.807, 2.05) is 24.3 Å². The van der Waals surface area contributed by atoms with Crippen molar-refractivity contribution in [2.24, 2.45) is 0 Å². The number of hydrogen-bond donors (Lipinski definition) is 1. The first-order chi connectivity index (χ1) is 11.6. The van der Waals surface area contributed by atoms with Crippen LogP contribution < -0.4 is 10.2 Å². The summed E-state index contributed by atoms with van der Waals surface area (Å²) < 4.78 is 4.29. The minimum absolute atomic E-state index is 0.159. The molecule has 1 aromatic heterocycles. The summed E-state index contributed by atoms with van der Waals surface area (Å²) in [6, 6.07) is 7.82. The van der Waals surface area contributed by atoms with E-state index >= 15 is 0 Å². The van der Waals surface area contributed by atoms with Crippen LogP contribution in [0.1, 0.15) is 17.4 Å². The van der Waals surface area contributed by atoms with Gasteiger partial charge in [0.05, 0.1) is 0 Å². The molecular weight excluding hydrogens is 367 g/mol. The number of likely N-dealkylation sites (N-methyl/N-ethyl adjacent to an activating group) is 1. The molecule has 1 aromatic carbocycles. The number of aromatic nitrogens is 1. The van der Waals surface area contributed by atoms with Crippen LogP contribution in [0.5, 0.6) is 0 Å². The summed E-state index contributed by atoms with van der Waals surface area (Å²) in [6.45, 7) is 7.49. The molecule has 2 aromatic rings. The van der Waals surface area contributed by atoms with Gasteiger partial charge >= 0.3 is 0 Å². The van der Waals surface area contributed by atoms with E-state index in [1.54, 1.807) is 0 Å². The molecule has 5 nitrogen and oxygen atoms in total. The van der Waals surface area contributed by atoms with Crippen LogP contribution in [0.2, 0.25) is 9.36 Å². The van der Waals surface area contributed by atoms with Crippen LogP contribution in [-0.4, -0.2) is 47.9 Å². The first kappa shape index (κ1) is 17.5. The van der Waals surface area contributed by atoms with Crippen molar-refractivity contribution >= 4 is 52.0 Å². The number of piperazine rings is 1. The van der Waals surface area contributed by atoms with Crippen LogP contribution in [0, 0.1) is 0 Å². The standard InChI is InChI=1S/C16H18Cl2N4OS/c1-2-21-7-9-22(10-8-21)12-5-3-11(4-6-12)19-16(23)14-13(17)15(18)24-20-14/h3-6H,2,7-10H2,1H3,(H,19,23). The van der Waals surface area contributed by atoms with E-state index in [4.69, 9.17) is 23.2 Å².